The van der Waals surface area contributed by atoms with E-state index in [-0.39, 0.29) is 4.90 Å². The van der Waals surface area contributed by atoms with Gasteiger partial charge in [0.05, 0.1) is 4.90 Å². The van der Waals surface area contributed by atoms with Crippen LogP contribution in [0.15, 0.2) is 23.1 Å². The average Bonchev–Trinajstić information content (AvgIpc) is 2.38. The maximum absolute atomic E-state index is 13.1. The van der Waals surface area contributed by atoms with E-state index in [1.165, 1.54) is 22.5 Å². The second-order valence-electron chi connectivity index (χ2n) is 6.01. The van der Waals surface area contributed by atoms with Gasteiger partial charge in [0, 0.05) is 32.7 Å². The van der Waals surface area contributed by atoms with Crippen molar-refractivity contribution in [1.29, 1.82) is 0 Å². The van der Waals surface area contributed by atoms with Crippen LogP contribution in [0.5, 0.6) is 0 Å². The molecular weight excluding hydrogens is 291 g/mol. The molecule has 118 valence electrons. The summed E-state index contributed by atoms with van der Waals surface area (Å²) in [4.78, 5) is 2.50. The normalized spacial score (nSPS) is 18.3. The molecule has 2 rings (SSSR count). The third kappa shape index (κ3) is 3.81. The number of hydrogen-bond donors (Lipinski definition) is 0. The molecule has 21 heavy (non-hydrogen) atoms. The highest BCUT2D eigenvalue weighted by Crippen LogP contribution is 2.22. The molecule has 0 radical (unpaired) electrons. The van der Waals surface area contributed by atoms with Crippen molar-refractivity contribution in [3.05, 3.63) is 29.6 Å². The Labute approximate surface area is 126 Å². The molecule has 4 nitrogen and oxygen atoms in total. The number of sulfonamides is 1. The molecule has 1 aliphatic rings. The summed E-state index contributed by atoms with van der Waals surface area (Å²) in [6, 6.07) is 3.83. The maximum atomic E-state index is 13.1. The van der Waals surface area contributed by atoms with Crippen molar-refractivity contribution in [1.82, 2.24) is 9.21 Å². The molecule has 1 aliphatic heterocycles. The Morgan fingerprint density at radius 1 is 1.19 bits per heavy atom. The number of halogens is 1. The Bertz CT molecular complexity index is 594. The number of rotatable bonds is 4. The van der Waals surface area contributed by atoms with Gasteiger partial charge in [0.2, 0.25) is 10.0 Å². The third-order valence-corrected chi connectivity index (χ3v) is 5.77. The molecule has 0 atom stereocenters. The van der Waals surface area contributed by atoms with Crippen molar-refractivity contribution in [3.63, 3.8) is 0 Å². The SMILES string of the molecule is Cc1cc(F)ccc1S(=O)(=O)N1CCN(CC(C)C)CC1. The molecule has 0 saturated carbocycles. The van der Waals surface area contributed by atoms with E-state index in [0.29, 0.717) is 24.6 Å². The highest BCUT2D eigenvalue weighted by Gasteiger charge is 2.29. The lowest BCUT2D eigenvalue weighted by Crippen LogP contribution is -2.49. The Kier molecular flexibility index (Phi) is 5.01. The highest BCUT2D eigenvalue weighted by molar-refractivity contribution is 7.89. The van der Waals surface area contributed by atoms with Gasteiger partial charge in [-0.25, -0.2) is 12.8 Å². The van der Waals surface area contributed by atoms with Crippen LogP contribution in [0, 0.1) is 18.7 Å². The van der Waals surface area contributed by atoms with Crippen molar-refractivity contribution in [2.24, 2.45) is 5.92 Å². The van der Waals surface area contributed by atoms with Crippen LogP contribution < -0.4 is 0 Å². The molecular formula is C15H23FN2O2S. The van der Waals surface area contributed by atoms with E-state index in [2.05, 4.69) is 18.7 Å². The Morgan fingerprint density at radius 2 is 1.81 bits per heavy atom. The van der Waals surface area contributed by atoms with E-state index in [1.54, 1.807) is 6.92 Å². The topological polar surface area (TPSA) is 40.6 Å². The van der Waals surface area contributed by atoms with E-state index in [4.69, 9.17) is 0 Å². The van der Waals surface area contributed by atoms with Crippen LogP contribution in [0.4, 0.5) is 4.39 Å². The van der Waals surface area contributed by atoms with Gasteiger partial charge >= 0.3 is 0 Å². The van der Waals surface area contributed by atoms with Gasteiger partial charge < -0.3 is 4.90 Å². The average molecular weight is 314 g/mol. The van der Waals surface area contributed by atoms with Gasteiger partial charge in [-0.3, -0.25) is 0 Å². The standard InChI is InChI=1S/C15H23FN2O2S/c1-12(2)11-17-6-8-18(9-7-17)21(19,20)15-5-4-14(16)10-13(15)3/h4-5,10,12H,6-9,11H2,1-3H3. The van der Waals surface area contributed by atoms with E-state index in [0.717, 1.165) is 19.6 Å². The molecule has 1 saturated heterocycles. The van der Waals surface area contributed by atoms with E-state index < -0.39 is 15.8 Å². The first-order valence-electron chi connectivity index (χ1n) is 7.29. The molecule has 1 aromatic rings. The Balaban J connectivity index is 2.11. The summed E-state index contributed by atoms with van der Waals surface area (Å²) in [5.41, 5.74) is 0.458. The summed E-state index contributed by atoms with van der Waals surface area (Å²) in [6.07, 6.45) is 0. The predicted molar refractivity (Wildman–Crippen MR) is 81.2 cm³/mol. The zero-order valence-corrected chi connectivity index (χ0v) is 13.7. The largest absolute Gasteiger partial charge is 0.300 e. The quantitative estimate of drug-likeness (QED) is 0.854. The van der Waals surface area contributed by atoms with Gasteiger partial charge in [-0.05, 0) is 36.6 Å². The number of aryl methyl sites for hydroxylation is 1. The van der Waals surface area contributed by atoms with Crippen LogP contribution in [0.2, 0.25) is 0 Å². The smallest absolute Gasteiger partial charge is 0.243 e. The minimum Gasteiger partial charge on any atom is -0.300 e. The molecule has 0 aliphatic carbocycles. The second-order valence-corrected chi connectivity index (χ2v) is 7.91. The molecule has 0 spiro atoms. The van der Waals surface area contributed by atoms with Crippen LogP contribution >= 0.6 is 0 Å². The van der Waals surface area contributed by atoms with Crippen molar-refractivity contribution in [2.75, 3.05) is 32.7 Å². The van der Waals surface area contributed by atoms with Crippen LogP contribution in [-0.2, 0) is 10.0 Å². The summed E-state index contributed by atoms with van der Waals surface area (Å²) in [5, 5.41) is 0. The monoisotopic (exact) mass is 314 g/mol. The summed E-state index contributed by atoms with van der Waals surface area (Å²) in [6.45, 7) is 9.41. The molecule has 0 bridgehead atoms. The van der Waals surface area contributed by atoms with Crippen molar-refractivity contribution >= 4 is 10.0 Å². The van der Waals surface area contributed by atoms with Crippen LogP contribution in [0.3, 0.4) is 0 Å². The fourth-order valence-electron chi connectivity index (χ4n) is 2.71. The minimum absolute atomic E-state index is 0.209. The first kappa shape index (κ1) is 16.4. The Morgan fingerprint density at radius 3 is 2.33 bits per heavy atom. The fourth-order valence-corrected chi connectivity index (χ4v) is 4.34. The molecule has 0 amide bonds. The number of nitrogens with zero attached hydrogens (tertiary/aromatic N) is 2. The zero-order valence-electron chi connectivity index (χ0n) is 12.8. The van der Waals surface area contributed by atoms with E-state index in [9.17, 15) is 12.8 Å². The lowest BCUT2D eigenvalue weighted by molar-refractivity contribution is 0.172. The highest BCUT2D eigenvalue weighted by atomic mass is 32.2. The minimum atomic E-state index is -3.52. The molecule has 6 heteroatoms. The van der Waals surface area contributed by atoms with Gasteiger partial charge in [-0.2, -0.15) is 4.31 Å². The van der Waals surface area contributed by atoms with Crippen LogP contribution in [-0.4, -0.2) is 50.3 Å². The maximum Gasteiger partial charge on any atom is 0.243 e. The number of piperazine rings is 1. The van der Waals surface area contributed by atoms with Gasteiger partial charge in [0.1, 0.15) is 5.82 Å². The van der Waals surface area contributed by atoms with Crippen LogP contribution in [0.25, 0.3) is 0 Å². The number of hydrogen-bond acceptors (Lipinski definition) is 3. The van der Waals surface area contributed by atoms with E-state index in [1.807, 2.05) is 0 Å². The molecule has 1 aromatic carbocycles. The zero-order chi connectivity index (χ0) is 15.6. The summed E-state index contributed by atoms with van der Waals surface area (Å²) >= 11 is 0. The first-order valence-corrected chi connectivity index (χ1v) is 8.73. The molecule has 1 fully saturated rings. The Hall–Kier alpha value is -0.980. The van der Waals surface area contributed by atoms with Crippen molar-refractivity contribution in [2.45, 2.75) is 25.7 Å². The van der Waals surface area contributed by atoms with E-state index >= 15 is 0 Å². The lowest BCUT2D eigenvalue weighted by Gasteiger charge is -2.35. The summed E-state index contributed by atoms with van der Waals surface area (Å²) in [5.74, 6) is 0.167. The second kappa shape index (κ2) is 6.42. The fraction of sp³-hybridized carbons (Fsp3) is 0.600. The van der Waals surface area contributed by atoms with Gasteiger partial charge in [-0.15, -0.1) is 0 Å². The van der Waals surface area contributed by atoms with Gasteiger partial charge in [-0.1, -0.05) is 13.8 Å². The molecule has 0 N–H and O–H groups in total. The summed E-state index contributed by atoms with van der Waals surface area (Å²) < 4.78 is 39.9. The van der Waals surface area contributed by atoms with Gasteiger partial charge in [0.25, 0.3) is 0 Å². The van der Waals surface area contributed by atoms with Crippen LogP contribution in [0.1, 0.15) is 19.4 Å². The number of benzene rings is 1. The first-order chi connectivity index (χ1) is 9.80. The molecule has 0 aromatic heterocycles. The van der Waals surface area contributed by atoms with Crippen molar-refractivity contribution < 1.29 is 12.8 Å². The lowest BCUT2D eigenvalue weighted by atomic mass is 10.2. The van der Waals surface area contributed by atoms with Crippen molar-refractivity contribution in [3.8, 4) is 0 Å². The van der Waals surface area contributed by atoms with Gasteiger partial charge in [0.15, 0.2) is 0 Å². The molecule has 0 unspecified atom stereocenters. The third-order valence-electron chi connectivity index (χ3n) is 3.71. The summed E-state index contributed by atoms with van der Waals surface area (Å²) in [7, 11) is -3.52. The predicted octanol–water partition coefficient (Wildman–Crippen LogP) is 2.10. The molecule has 1 heterocycles.